The van der Waals surface area contributed by atoms with Gasteiger partial charge in [-0.05, 0) is 42.5 Å². The van der Waals surface area contributed by atoms with Crippen molar-refractivity contribution in [2.45, 2.75) is 53.1 Å². The Morgan fingerprint density at radius 3 is 2.43 bits per heavy atom. The smallest absolute Gasteiger partial charge is 0.127 e. The number of allylic oxidation sites excluding steroid dienone is 2. The fourth-order valence-corrected chi connectivity index (χ4v) is 2.82. The normalized spacial score (nSPS) is 11.5. The van der Waals surface area contributed by atoms with Gasteiger partial charge in [-0.1, -0.05) is 75.2 Å². The largest absolute Gasteiger partial charge is 0.488 e. The summed E-state index contributed by atoms with van der Waals surface area (Å²) in [5.74, 6) is 1.00. The van der Waals surface area contributed by atoms with Crippen LogP contribution in [0.2, 0.25) is 0 Å². The predicted molar refractivity (Wildman–Crippen MR) is 99.7 cm³/mol. The monoisotopic (exact) mass is 308 g/mol. The lowest BCUT2D eigenvalue weighted by Crippen LogP contribution is -2.00. The maximum atomic E-state index is 6.17. The number of hydrogen-bond acceptors (Lipinski definition) is 1. The summed E-state index contributed by atoms with van der Waals surface area (Å²) in [6.07, 6.45) is 6.96. The molecule has 0 aromatic heterocycles. The summed E-state index contributed by atoms with van der Waals surface area (Å²) in [6.45, 7) is 7.26. The number of rotatable bonds is 8. The molecule has 0 spiro atoms. The second-order valence-corrected chi connectivity index (χ2v) is 5.99. The molecule has 0 N–H and O–H groups in total. The van der Waals surface area contributed by atoms with Crippen molar-refractivity contribution in [1.29, 1.82) is 0 Å². The van der Waals surface area contributed by atoms with Crippen molar-refractivity contribution in [2.75, 3.05) is 0 Å². The van der Waals surface area contributed by atoms with E-state index in [9.17, 15) is 0 Å². The highest BCUT2D eigenvalue weighted by Crippen LogP contribution is 2.33. The van der Waals surface area contributed by atoms with Gasteiger partial charge >= 0.3 is 0 Å². The zero-order valence-electron chi connectivity index (χ0n) is 14.6. The number of benzene rings is 2. The van der Waals surface area contributed by atoms with Gasteiger partial charge in [0, 0.05) is 5.56 Å². The maximum Gasteiger partial charge on any atom is 0.127 e. The van der Waals surface area contributed by atoms with E-state index in [2.05, 4.69) is 69.3 Å². The molecule has 0 heterocycles. The third-order valence-corrected chi connectivity index (χ3v) is 3.99. The van der Waals surface area contributed by atoms with Crippen LogP contribution in [0.3, 0.4) is 0 Å². The molecule has 0 fully saturated rings. The summed E-state index contributed by atoms with van der Waals surface area (Å²) in [6, 6.07) is 16.7. The van der Waals surface area contributed by atoms with E-state index in [4.69, 9.17) is 4.74 Å². The van der Waals surface area contributed by atoms with E-state index in [1.54, 1.807) is 0 Å². The summed E-state index contributed by atoms with van der Waals surface area (Å²) in [7, 11) is 0. The van der Waals surface area contributed by atoms with E-state index >= 15 is 0 Å². The Kier molecular flexibility index (Phi) is 6.93. The van der Waals surface area contributed by atoms with Crippen molar-refractivity contribution in [1.82, 2.24) is 0 Å². The molecule has 0 aliphatic heterocycles. The van der Waals surface area contributed by atoms with Crippen molar-refractivity contribution < 1.29 is 4.74 Å². The molecule has 0 unspecified atom stereocenters. The van der Waals surface area contributed by atoms with E-state index in [0.29, 0.717) is 6.61 Å². The fourth-order valence-electron chi connectivity index (χ4n) is 2.82. The number of aryl methyl sites for hydroxylation is 1. The standard InChI is InChI=1S/C22H28O/c1-4-6-15-20(11-5-2)22-18(3)12-10-16-21(22)23-17-19-13-8-7-9-14-19/h7-10,12-16H,4-6,11,17H2,1-3H3/b20-15-. The van der Waals surface area contributed by atoms with Crippen LogP contribution in [0.25, 0.3) is 5.57 Å². The van der Waals surface area contributed by atoms with Crippen LogP contribution in [0.4, 0.5) is 0 Å². The lowest BCUT2D eigenvalue weighted by Gasteiger charge is -2.17. The van der Waals surface area contributed by atoms with E-state index in [1.165, 1.54) is 28.7 Å². The number of hydrogen-bond donors (Lipinski definition) is 0. The first-order chi connectivity index (χ1) is 11.3. The zero-order chi connectivity index (χ0) is 16.5. The second kappa shape index (κ2) is 9.19. The highest BCUT2D eigenvalue weighted by atomic mass is 16.5. The first-order valence-electron chi connectivity index (χ1n) is 8.72. The van der Waals surface area contributed by atoms with E-state index in [1.807, 2.05) is 6.07 Å². The van der Waals surface area contributed by atoms with Gasteiger partial charge in [-0.3, -0.25) is 0 Å². The molecule has 0 atom stereocenters. The molecule has 122 valence electrons. The third-order valence-electron chi connectivity index (χ3n) is 3.99. The minimum Gasteiger partial charge on any atom is -0.488 e. The molecule has 2 rings (SSSR count). The van der Waals surface area contributed by atoms with Crippen LogP contribution in [0.1, 0.15) is 56.2 Å². The fraction of sp³-hybridized carbons (Fsp3) is 0.364. The predicted octanol–water partition coefficient (Wildman–Crippen LogP) is 6.56. The van der Waals surface area contributed by atoms with Crippen LogP contribution in [-0.2, 0) is 6.61 Å². The zero-order valence-corrected chi connectivity index (χ0v) is 14.6. The van der Waals surface area contributed by atoms with Gasteiger partial charge in [-0.25, -0.2) is 0 Å². The highest BCUT2D eigenvalue weighted by Gasteiger charge is 2.11. The van der Waals surface area contributed by atoms with Crippen LogP contribution in [0.5, 0.6) is 5.75 Å². The van der Waals surface area contributed by atoms with E-state index in [0.717, 1.165) is 25.0 Å². The average molecular weight is 308 g/mol. The topological polar surface area (TPSA) is 9.23 Å². The van der Waals surface area contributed by atoms with Gasteiger partial charge in [-0.15, -0.1) is 0 Å². The Balaban J connectivity index is 2.27. The van der Waals surface area contributed by atoms with Gasteiger partial charge in [0.25, 0.3) is 0 Å². The molecule has 0 aliphatic carbocycles. The Morgan fingerprint density at radius 2 is 1.74 bits per heavy atom. The van der Waals surface area contributed by atoms with Crippen molar-refractivity contribution in [3.63, 3.8) is 0 Å². The molecule has 0 saturated carbocycles. The molecule has 23 heavy (non-hydrogen) atoms. The summed E-state index contributed by atoms with van der Waals surface area (Å²) < 4.78 is 6.17. The average Bonchev–Trinajstić information content (AvgIpc) is 2.58. The Hall–Kier alpha value is -2.02. The Bertz CT molecular complexity index is 626. The molecular weight excluding hydrogens is 280 g/mol. The summed E-state index contributed by atoms with van der Waals surface area (Å²) >= 11 is 0. The van der Waals surface area contributed by atoms with Gasteiger partial charge in [-0.2, -0.15) is 0 Å². The van der Waals surface area contributed by atoms with Gasteiger partial charge < -0.3 is 4.74 Å². The third kappa shape index (κ3) is 4.99. The van der Waals surface area contributed by atoms with Crippen molar-refractivity contribution >= 4 is 5.57 Å². The van der Waals surface area contributed by atoms with Crippen LogP contribution >= 0.6 is 0 Å². The summed E-state index contributed by atoms with van der Waals surface area (Å²) in [5.41, 5.74) is 5.22. The number of ether oxygens (including phenoxy) is 1. The first kappa shape index (κ1) is 17.3. The van der Waals surface area contributed by atoms with Gasteiger partial charge in [0.2, 0.25) is 0 Å². The second-order valence-electron chi connectivity index (χ2n) is 5.99. The molecule has 2 aromatic carbocycles. The lowest BCUT2D eigenvalue weighted by atomic mass is 9.95. The van der Waals surface area contributed by atoms with Crippen LogP contribution in [0.15, 0.2) is 54.6 Å². The van der Waals surface area contributed by atoms with E-state index in [-0.39, 0.29) is 0 Å². The van der Waals surface area contributed by atoms with Crippen molar-refractivity contribution in [3.8, 4) is 5.75 Å². The van der Waals surface area contributed by atoms with Gasteiger partial charge in [0.15, 0.2) is 0 Å². The minimum atomic E-state index is 0.616. The molecule has 1 nitrogen and oxygen atoms in total. The van der Waals surface area contributed by atoms with Gasteiger partial charge in [0.05, 0.1) is 0 Å². The summed E-state index contributed by atoms with van der Waals surface area (Å²) in [4.78, 5) is 0. The molecule has 0 bridgehead atoms. The van der Waals surface area contributed by atoms with Crippen LogP contribution in [-0.4, -0.2) is 0 Å². The first-order valence-corrected chi connectivity index (χ1v) is 8.72. The minimum absolute atomic E-state index is 0.616. The molecule has 0 amide bonds. The SMILES string of the molecule is CCC/C=C(/CCC)c1c(C)cccc1OCc1ccccc1. The molecule has 1 heteroatoms. The molecular formula is C22H28O. The summed E-state index contributed by atoms with van der Waals surface area (Å²) in [5, 5.41) is 0. The van der Waals surface area contributed by atoms with Crippen molar-refractivity contribution in [2.24, 2.45) is 0 Å². The van der Waals surface area contributed by atoms with Crippen LogP contribution < -0.4 is 4.74 Å². The van der Waals surface area contributed by atoms with Crippen molar-refractivity contribution in [3.05, 3.63) is 71.3 Å². The van der Waals surface area contributed by atoms with Gasteiger partial charge in [0.1, 0.15) is 12.4 Å². The quantitative estimate of drug-likeness (QED) is 0.536. The van der Waals surface area contributed by atoms with E-state index < -0.39 is 0 Å². The van der Waals surface area contributed by atoms with Crippen LogP contribution in [0, 0.1) is 6.92 Å². The highest BCUT2D eigenvalue weighted by molar-refractivity contribution is 5.73. The lowest BCUT2D eigenvalue weighted by molar-refractivity contribution is 0.305. The molecule has 0 radical (unpaired) electrons. The maximum absolute atomic E-state index is 6.17. The molecule has 0 aliphatic rings. The Morgan fingerprint density at radius 1 is 0.957 bits per heavy atom. The molecule has 2 aromatic rings. The number of unbranched alkanes of at least 4 members (excludes halogenated alkanes) is 1. The Labute approximate surface area is 141 Å². The molecule has 0 saturated heterocycles.